The van der Waals surface area contributed by atoms with Crippen LogP contribution in [0.3, 0.4) is 0 Å². The van der Waals surface area contributed by atoms with Crippen LogP contribution >= 0.6 is 0 Å². The molecule has 0 fully saturated rings. The van der Waals surface area contributed by atoms with Gasteiger partial charge in [-0.25, -0.2) is 0 Å². The molecule has 0 aliphatic heterocycles. The van der Waals surface area contributed by atoms with E-state index < -0.39 is 0 Å². The topological polar surface area (TPSA) is 12.0 Å². The fraction of sp³-hybridized carbons (Fsp3) is 1.00. The van der Waals surface area contributed by atoms with E-state index in [-0.39, 0.29) is 17.0 Å². The summed E-state index contributed by atoms with van der Waals surface area (Å²) < 4.78 is 1.07. The summed E-state index contributed by atoms with van der Waals surface area (Å²) >= 11 is 0. The molecule has 0 aromatic rings. The van der Waals surface area contributed by atoms with Gasteiger partial charge in [0, 0.05) is 13.0 Å². The Balaban J connectivity index is 0. The van der Waals surface area contributed by atoms with Crippen molar-refractivity contribution >= 4 is 0 Å². The Hall–Kier alpha value is 0.400. The summed E-state index contributed by atoms with van der Waals surface area (Å²) in [4.78, 5) is 0. The van der Waals surface area contributed by atoms with Gasteiger partial charge in [-0.1, -0.05) is 0 Å². The first-order chi connectivity index (χ1) is 4.06. The second-order valence-electron chi connectivity index (χ2n) is 3.47. The van der Waals surface area contributed by atoms with E-state index in [1.807, 2.05) is 7.05 Å². The average Bonchev–Trinajstić information content (AvgIpc) is 1.63. The molecule has 10 heavy (non-hydrogen) atoms. The van der Waals surface area contributed by atoms with Gasteiger partial charge < -0.3 is 26.8 Å². The second-order valence-corrected chi connectivity index (χ2v) is 3.47. The van der Waals surface area contributed by atoms with Gasteiger partial charge in [-0.15, -0.1) is 0 Å². The summed E-state index contributed by atoms with van der Waals surface area (Å²) in [5.74, 6) is 0. The molecule has 0 aliphatic rings. The van der Waals surface area contributed by atoms with E-state index in [0.717, 1.165) is 11.0 Å². The van der Waals surface area contributed by atoms with Gasteiger partial charge in [0.25, 0.3) is 0 Å². The van der Waals surface area contributed by atoms with Crippen LogP contribution in [0, 0.1) is 0 Å². The van der Waals surface area contributed by atoms with Crippen LogP contribution in [0.1, 0.15) is 6.42 Å². The number of hydrogen-bond donors (Lipinski definition) is 1. The predicted molar refractivity (Wildman–Crippen MR) is 41.4 cm³/mol. The van der Waals surface area contributed by atoms with Gasteiger partial charge in [-0.05, 0) is 7.05 Å². The Kier molecular flexibility index (Phi) is 7.99. The predicted octanol–water partition coefficient (Wildman–Crippen LogP) is -2.69. The number of rotatable bonds is 4. The third kappa shape index (κ3) is 11.2. The first-order valence-electron chi connectivity index (χ1n) is 3.51. The highest BCUT2D eigenvalue weighted by Crippen LogP contribution is 1.90. The van der Waals surface area contributed by atoms with Crippen LogP contribution in [0.15, 0.2) is 0 Å². The van der Waals surface area contributed by atoms with E-state index in [1.54, 1.807) is 0 Å². The van der Waals surface area contributed by atoms with Gasteiger partial charge in [-0.3, -0.25) is 0 Å². The van der Waals surface area contributed by atoms with Crippen molar-refractivity contribution in [3.63, 3.8) is 0 Å². The highest BCUT2D eigenvalue weighted by atomic mass is 79.9. The molecule has 0 radical (unpaired) electrons. The zero-order valence-corrected chi connectivity index (χ0v) is 9.03. The lowest BCUT2D eigenvalue weighted by Crippen LogP contribution is -3.00. The van der Waals surface area contributed by atoms with Crippen LogP contribution in [0.4, 0.5) is 0 Å². The minimum absolute atomic E-state index is 0. The lowest BCUT2D eigenvalue weighted by Gasteiger charge is -2.23. The first kappa shape index (κ1) is 13.0. The van der Waals surface area contributed by atoms with Crippen LogP contribution < -0.4 is 22.3 Å². The lowest BCUT2D eigenvalue weighted by molar-refractivity contribution is -0.870. The first-order valence-corrected chi connectivity index (χ1v) is 3.51. The van der Waals surface area contributed by atoms with Gasteiger partial charge in [0.15, 0.2) is 0 Å². The van der Waals surface area contributed by atoms with Gasteiger partial charge in [0.05, 0.1) is 27.7 Å². The van der Waals surface area contributed by atoms with Crippen molar-refractivity contribution < 1.29 is 21.5 Å². The van der Waals surface area contributed by atoms with Crippen molar-refractivity contribution in [1.82, 2.24) is 5.32 Å². The van der Waals surface area contributed by atoms with Crippen LogP contribution in [0.5, 0.6) is 0 Å². The summed E-state index contributed by atoms with van der Waals surface area (Å²) in [6.07, 6.45) is 1.26. The molecule has 0 spiro atoms. The molecule has 0 bridgehead atoms. The number of quaternary nitrogens is 1. The highest BCUT2D eigenvalue weighted by Gasteiger charge is 2.03. The Morgan fingerprint density at radius 1 is 1.20 bits per heavy atom. The molecule has 0 heterocycles. The van der Waals surface area contributed by atoms with Crippen molar-refractivity contribution in [2.75, 3.05) is 41.3 Å². The molecule has 1 N–H and O–H groups in total. The number of nitrogens with zero attached hydrogens (tertiary/aromatic N) is 1. The van der Waals surface area contributed by atoms with Crippen LogP contribution in [-0.2, 0) is 0 Å². The van der Waals surface area contributed by atoms with E-state index in [1.165, 1.54) is 13.0 Å². The van der Waals surface area contributed by atoms with E-state index in [4.69, 9.17) is 0 Å². The SMILES string of the molecule is CNCCC[N+](C)(C)C.[Br-]. The van der Waals surface area contributed by atoms with E-state index in [9.17, 15) is 0 Å². The van der Waals surface area contributed by atoms with Crippen LogP contribution in [0.25, 0.3) is 0 Å². The smallest absolute Gasteiger partial charge is 0.0792 e. The summed E-state index contributed by atoms with van der Waals surface area (Å²) in [7, 11) is 8.65. The van der Waals surface area contributed by atoms with E-state index in [2.05, 4.69) is 26.5 Å². The minimum Gasteiger partial charge on any atom is -1.00 e. The number of nitrogens with one attached hydrogen (secondary N) is 1. The summed E-state index contributed by atoms with van der Waals surface area (Å²) in [5.41, 5.74) is 0. The fourth-order valence-electron chi connectivity index (χ4n) is 0.730. The van der Waals surface area contributed by atoms with E-state index >= 15 is 0 Å². The Labute approximate surface area is 75.0 Å². The van der Waals surface area contributed by atoms with Crippen molar-refractivity contribution in [2.45, 2.75) is 6.42 Å². The van der Waals surface area contributed by atoms with Crippen molar-refractivity contribution in [3.8, 4) is 0 Å². The van der Waals surface area contributed by atoms with Crippen LogP contribution in [0.2, 0.25) is 0 Å². The third-order valence-corrected chi connectivity index (χ3v) is 1.26. The van der Waals surface area contributed by atoms with Gasteiger partial charge in [0.2, 0.25) is 0 Å². The zero-order chi connectivity index (χ0) is 7.33. The van der Waals surface area contributed by atoms with Crippen molar-refractivity contribution in [1.29, 1.82) is 0 Å². The van der Waals surface area contributed by atoms with Crippen molar-refractivity contribution in [2.24, 2.45) is 0 Å². The Morgan fingerprint density at radius 2 is 1.70 bits per heavy atom. The summed E-state index contributed by atoms with van der Waals surface area (Å²) in [6, 6.07) is 0. The molecular formula is C7H19BrN2. The maximum atomic E-state index is 3.13. The summed E-state index contributed by atoms with van der Waals surface area (Å²) in [6.45, 7) is 2.39. The molecule has 64 valence electrons. The molecule has 0 rings (SSSR count). The average molecular weight is 211 g/mol. The largest absolute Gasteiger partial charge is 1.00 e. The standard InChI is InChI=1S/C7H19N2.BrH/c1-8-6-5-7-9(2,3)4;/h8H,5-7H2,1-4H3;1H/q+1;/p-1. The molecule has 0 amide bonds. The molecule has 0 aromatic carbocycles. The molecule has 0 aliphatic carbocycles. The molecular weight excluding hydrogens is 192 g/mol. The number of hydrogen-bond acceptors (Lipinski definition) is 1. The highest BCUT2D eigenvalue weighted by molar-refractivity contribution is 4.37. The van der Waals surface area contributed by atoms with Gasteiger partial charge >= 0.3 is 0 Å². The van der Waals surface area contributed by atoms with Crippen molar-refractivity contribution in [3.05, 3.63) is 0 Å². The molecule has 2 nitrogen and oxygen atoms in total. The quantitative estimate of drug-likeness (QED) is 0.394. The molecule has 3 heteroatoms. The van der Waals surface area contributed by atoms with Crippen LogP contribution in [-0.4, -0.2) is 45.8 Å². The molecule has 0 aromatic heterocycles. The normalized spacial score (nSPS) is 10.8. The maximum Gasteiger partial charge on any atom is 0.0792 e. The van der Waals surface area contributed by atoms with Gasteiger partial charge in [0.1, 0.15) is 0 Å². The minimum atomic E-state index is 0. The zero-order valence-electron chi connectivity index (χ0n) is 7.45. The maximum absolute atomic E-state index is 3.13. The Morgan fingerprint density at radius 3 is 2.00 bits per heavy atom. The molecule has 0 unspecified atom stereocenters. The molecule has 0 saturated heterocycles. The summed E-state index contributed by atoms with van der Waals surface area (Å²) in [5, 5.41) is 3.13. The fourth-order valence-corrected chi connectivity index (χ4v) is 0.730. The molecule has 0 atom stereocenters. The van der Waals surface area contributed by atoms with E-state index in [0.29, 0.717) is 0 Å². The monoisotopic (exact) mass is 210 g/mol. The molecule has 0 saturated carbocycles. The third-order valence-electron chi connectivity index (χ3n) is 1.26. The number of halogens is 1. The second kappa shape index (κ2) is 6.13. The lowest BCUT2D eigenvalue weighted by atomic mass is 10.4. The Bertz CT molecular complexity index is 68.5. The van der Waals surface area contributed by atoms with Gasteiger partial charge in [-0.2, -0.15) is 0 Å².